The highest BCUT2D eigenvalue weighted by molar-refractivity contribution is 7.88. The highest BCUT2D eigenvalue weighted by Gasteiger charge is 2.34. The van der Waals surface area contributed by atoms with E-state index in [0.717, 1.165) is 37.4 Å². The molecule has 1 aromatic heterocycles. The second-order valence-electron chi connectivity index (χ2n) is 6.01. The zero-order valence-corrected chi connectivity index (χ0v) is 14.5. The first-order chi connectivity index (χ1) is 10.3. The number of hydrogen-bond acceptors (Lipinski definition) is 6. The van der Waals surface area contributed by atoms with Crippen molar-refractivity contribution in [1.29, 1.82) is 0 Å². The summed E-state index contributed by atoms with van der Waals surface area (Å²) in [6, 6.07) is 1.64. The van der Waals surface area contributed by atoms with Gasteiger partial charge >= 0.3 is 0 Å². The van der Waals surface area contributed by atoms with Crippen LogP contribution in [-0.4, -0.2) is 67.6 Å². The standard InChI is InChI=1S/C14H25N5O2S/c1-11-10-13(15-7-9-18(2)3)17-14(16-11)12-6-5-8-19(12)22(4,20)21/h10,12H,5-9H2,1-4H3,(H,15,16,17)/t12-/m1/s1. The van der Waals surface area contributed by atoms with Gasteiger partial charge in [0.15, 0.2) is 0 Å². The number of rotatable bonds is 6. The van der Waals surface area contributed by atoms with Gasteiger partial charge in [-0.1, -0.05) is 0 Å². The van der Waals surface area contributed by atoms with E-state index in [1.54, 1.807) is 0 Å². The molecule has 2 rings (SSSR count). The summed E-state index contributed by atoms with van der Waals surface area (Å²) in [6.45, 7) is 4.13. The van der Waals surface area contributed by atoms with E-state index in [2.05, 4.69) is 20.2 Å². The normalized spacial score (nSPS) is 19.8. The second kappa shape index (κ2) is 6.89. The second-order valence-corrected chi connectivity index (χ2v) is 7.95. The number of nitrogens with zero attached hydrogens (tertiary/aromatic N) is 4. The van der Waals surface area contributed by atoms with Gasteiger partial charge in [-0.05, 0) is 33.9 Å². The molecule has 1 fully saturated rings. The molecule has 22 heavy (non-hydrogen) atoms. The molecule has 0 radical (unpaired) electrons. The van der Waals surface area contributed by atoms with Crippen molar-refractivity contribution in [1.82, 2.24) is 19.2 Å². The van der Waals surface area contributed by atoms with Crippen molar-refractivity contribution in [3.8, 4) is 0 Å². The van der Waals surface area contributed by atoms with Crippen LogP contribution in [0.2, 0.25) is 0 Å². The Bertz CT molecular complexity index is 618. The van der Waals surface area contributed by atoms with E-state index in [-0.39, 0.29) is 6.04 Å². The highest BCUT2D eigenvalue weighted by Crippen LogP contribution is 2.32. The minimum absolute atomic E-state index is 0.246. The molecule has 1 saturated heterocycles. The summed E-state index contributed by atoms with van der Waals surface area (Å²) in [4.78, 5) is 11.1. The van der Waals surface area contributed by atoms with Crippen LogP contribution in [0.5, 0.6) is 0 Å². The van der Waals surface area contributed by atoms with Crippen molar-refractivity contribution in [3.63, 3.8) is 0 Å². The zero-order chi connectivity index (χ0) is 16.3. The number of aryl methyl sites for hydroxylation is 1. The maximum absolute atomic E-state index is 11.9. The maximum atomic E-state index is 11.9. The number of nitrogens with one attached hydrogen (secondary N) is 1. The molecule has 0 saturated carbocycles. The summed E-state index contributed by atoms with van der Waals surface area (Å²) in [5.41, 5.74) is 0.845. The summed E-state index contributed by atoms with van der Waals surface area (Å²) in [6.07, 6.45) is 2.86. The van der Waals surface area contributed by atoms with E-state index in [0.29, 0.717) is 12.4 Å². The summed E-state index contributed by atoms with van der Waals surface area (Å²) in [7, 11) is 0.802. The molecular formula is C14H25N5O2S. The van der Waals surface area contributed by atoms with Gasteiger partial charge in [-0.3, -0.25) is 0 Å². The van der Waals surface area contributed by atoms with Gasteiger partial charge in [0, 0.05) is 31.4 Å². The predicted molar refractivity (Wildman–Crippen MR) is 87.3 cm³/mol. The maximum Gasteiger partial charge on any atom is 0.211 e. The number of anilines is 1. The van der Waals surface area contributed by atoms with Crippen LogP contribution >= 0.6 is 0 Å². The minimum Gasteiger partial charge on any atom is -0.369 e. The third-order valence-corrected chi connectivity index (χ3v) is 4.95. The van der Waals surface area contributed by atoms with Gasteiger partial charge in [0.2, 0.25) is 10.0 Å². The topological polar surface area (TPSA) is 78.4 Å². The number of aromatic nitrogens is 2. The Hall–Kier alpha value is -1.25. The van der Waals surface area contributed by atoms with E-state index in [1.165, 1.54) is 10.6 Å². The lowest BCUT2D eigenvalue weighted by Crippen LogP contribution is -2.30. The highest BCUT2D eigenvalue weighted by atomic mass is 32.2. The average molecular weight is 327 g/mol. The predicted octanol–water partition coefficient (Wildman–Crippen LogP) is 0.855. The smallest absolute Gasteiger partial charge is 0.211 e. The Kier molecular flexibility index (Phi) is 5.36. The van der Waals surface area contributed by atoms with Gasteiger partial charge in [-0.15, -0.1) is 0 Å². The third kappa shape index (κ3) is 4.37. The largest absolute Gasteiger partial charge is 0.369 e. The van der Waals surface area contributed by atoms with Crippen LogP contribution in [0.3, 0.4) is 0 Å². The molecule has 0 spiro atoms. The molecule has 0 bridgehead atoms. The van der Waals surface area contributed by atoms with Crippen molar-refractivity contribution in [2.24, 2.45) is 0 Å². The molecule has 2 heterocycles. The Morgan fingerprint density at radius 2 is 2.14 bits per heavy atom. The van der Waals surface area contributed by atoms with Crippen LogP contribution in [-0.2, 0) is 10.0 Å². The van der Waals surface area contributed by atoms with Crippen LogP contribution in [0.1, 0.15) is 30.4 Å². The first-order valence-corrected chi connectivity index (χ1v) is 9.33. The molecule has 1 atom stereocenters. The molecule has 0 aliphatic carbocycles. The number of hydrogen-bond donors (Lipinski definition) is 1. The van der Waals surface area contributed by atoms with Crippen molar-refractivity contribution < 1.29 is 8.42 Å². The van der Waals surface area contributed by atoms with E-state index < -0.39 is 10.0 Å². The summed E-state index contributed by atoms with van der Waals surface area (Å²) in [5.74, 6) is 1.35. The third-order valence-electron chi connectivity index (χ3n) is 3.66. The van der Waals surface area contributed by atoms with Gasteiger partial charge in [0.05, 0.1) is 12.3 Å². The zero-order valence-electron chi connectivity index (χ0n) is 13.7. The van der Waals surface area contributed by atoms with Crippen LogP contribution in [0.4, 0.5) is 5.82 Å². The fourth-order valence-electron chi connectivity index (χ4n) is 2.63. The van der Waals surface area contributed by atoms with E-state index in [1.807, 2.05) is 27.1 Å². The molecule has 124 valence electrons. The van der Waals surface area contributed by atoms with E-state index in [4.69, 9.17) is 0 Å². The van der Waals surface area contributed by atoms with E-state index in [9.17, 15) is 8.42 Å². The monoisotopic (exact) mass is 327 g/mol. The Balaban J connectivity index is 2.18. The number of likely N-dealkylation sites (N-methyl/N-ethyl adjacent to an activating group) is 1. The molecule has 1 N–H and O–H groups in total. The Morgan fingerprint density at radius 3 is 2.77 bits per heavy atom. The Morgan fingerprint density at radius 1 is 1.41 bits per heavy atom. The van der Waals surface area contributed by atoms with Crippen LogP contribution in [0.25, 0.3) is 0 Å². The van der Waals surface area contributed by atoms with Gasteiger partial charge < -0.3 is 10.2 Å². The van der Waals surface area contributed by atoms with Gasteiger partial charge in [0.1, 0.15) is 11.6 Å². The molecular weight excluding hydrogens is 302 g/mol. The quantitative estimate of drug-likeness (QED) is 0.835. The molecule has 8 heteroatoms. The summed E-state index contributed by atoms with van der Waals surface area (Å²) < 4.78 is 25.3. The fourth-order valence-corrected chi connectivity index (χ4v) is 3.76. The first kappa shape index (κ1) is 17.1. The lowest BCUT2D eigenvalue weighted by atomic mass is 10.2. The molecule has 1 aliphatic rings. The minimum atomic E-state index is -3.23. The molecule has 1 aromatic rings. The molecule has 1 aliphatic heterocycles. The molecule has 0 amide bonds. The lowest BCUT2D eigenvalue weighted by Gasteiger charge is -2.21. The van der Waals surface area contributed by atoms with Crippen molar-refractivity contribution in [2.45, 2.75) is 25.8 Å². The fraction of sp³-hybridized carbons (Fsp3) is 0.714. The van der Waals surface area contributed by atoms with Gasteiger partial charge in [-0.2, -0.15) is 4.31 Å². The SMILES string of the molecule is Cc1cc(NCCN(C)C)nc([C@H]2CCCN2S(C)(=O)=O)n1. The molecule has 7 nitrogen and oxygen atoms in total. The molecule has 0 aromatic carbocycles. The van der Waals surface area contributed by atoms with Crippen molar-refractivity contribution >= 4 is 15.8 Å². The van der Waals surface area contributed by atoms with Crippen LogP contribution in [0.15, 0.2) is 6.07 Å². The van der Waals surface area contributed by atoms with Crippen molar-refractivity contribution in [3.05, 3.63) is 17.6 Å². The van der Waals surface area contributed by atoms with Crippen molar-refractivity contribution in [2.75, 3.05) is 45.3 Å². The lowest BCUT2D eigenvalue weighted by molar-refractivity contribution is 0.386. The summed E-state index contributed by atoms with van der Waals surface area (Å²) >= 11 is 0. The van der Waals surface area contributed by atoms with E-state index >= 15 is 0 Å². The first-order valence-electron chi connectivity index (χ1n) is 7.48. The average Bonchev–Trinajstić information content (AvgIpc) is 2.86. The van der Waals surface area contributed by atoms with Crippen LogP contribution < -0.4 is 5.32 Å². The molecule has 0 unspecified atom stereocenters. The number of sulfonamides is 1. The van der Waals surface area contributed by atoms with Gasteiger partial charge in [-0.25, -0.2) is 18.4 Å². The van der Waals surface area contributed by atoms with Gasteiger partial charge in [0.25, 0.3) is 0 Å². The van der Waals surface area contributed by atoms with Crippen LogP contribution in [0, 0.1) is 6.92 Å². The summed E-state index contributed by atoms with van der Waals surface area (Å²) in [5, 5.41) is 3.27. The Labute approximate surface area is 132 Å².